The molecule has 0 aliphatic heterocycles. The third-order valence-electron chi connectivity index (χ3n) is 2.84. The highest BCUT2D eigenvalue weighted by molar-refractivity contribution is 5.88. The second-order valence-electron chi connectivity index (χ2n) is 4.43. The normalized spacial score (nSPS) is 10.5. The molecule has 2 heterocycles. The Morgan fingerprint density at radius 2 is 1.95 bits per heavy atom. The van der Waals surface area contributed by atoms with Crippen LogP contribution < -0.4 is 0 Å². The summed E-state index contributed by atoms with van der Waals surface area (Å²) >= 11 is 0. The SMILES string of the molecule is Cc1cc(C(=O)O)cc(-n2nnc(-c3ccccc3)n2)n1. The number of tetrazole rings is 1. The number of rotatable bonds is 3. The van der Waals surface area contributed by atoms with E-state index < -0.39 is 5.97 Å². The highest BCUT2D eigenvalue weighted by Gasteiger charge is 2.11. The fraction of sp³-hybridized carbons (Fsp3) is 0.0714. The number of aromatic carboxylic acids is 1. The average Bonchev–Trinajstić information content (AvgIpc) is 2.97. The van der Waals surface area contributed by atoms with Gasteiger partial charge in [-0.15, -0.1) is 15.0 Å². The van der Waals surface area contributed by atoms with Crippen molar-refractivity contribution in [2.24, 2.45) is 0 Å². The van der Waals surface area contributed by atoms with Crippen LogP contribution in [0.5, 0.6) is 0 Å². The largest absolute Gasteiger partial charge is 0.478 e. The lowest BCUT2D eigenvalue weighted by Gasteiger charge is -2.01. The van der Waals surface area contributed by atoms with Crippen LogP contribution in [0.2, 0.25) is 0 Å². The van der Waals surface area contributed by atoms with Gasteiger partial charge >= 0.3 is 5.97 Å². The molecule has 3 rings (SSSR count). The number of benzene rings is 1. The summed E-state index contributed by atoms with van der Waals surface area (Å²) in [4.78, 5) is 16.5. The van der Waals surface area contributed by atoms with E-state index >= 15 is 0 Å². The Balaban J connectivity index is 2.02. The third kappa shape index (κ3) is 2.62. The first kappa shape index (κ1) is 12.9. The van der Waals surface area contributed by atoms with Gasteiger partial charge in [0.15, 0.2) is 5.82 Å². The standard InChI is InChI=1S/C14H11N5O2/c1-9-7-11(14(20)21)8-12(15-9)19-17-13(16-18-19)10-5-3-2-4-6-10/h2-8H,1H3,(H,20,21). The van der Waals surface area contributed by atoms with E-state index in [1.54, 1.807) is 6.92 Å². The van der Waals surface area contributed by atoms with E-state index in [0.717, 1.165) is 5.56 Å². The van der Waals surface area contributed by atoms with Crippen LogP contribution in [0.15, 0.2) is 42.5 Å². The summed E-state index contributed by atoms with van der Waals surface area (Å²) in [6.45, 7) is 1.71. The van der Waals surface area contributed by atoms with Gasteiger partial charge in [0.2, 0.25) is 5.82 Å². The van der Waals surface area contributed by atoms with Crippen LogP contribution in [-0.4, -0.2) is 36.3 Å². The highest BCUT2D eigenvalue weighted by Crippen LogP contribution is 2.14. The van der Waals surface area contributed by atoms with Crippen molar-refractivity contribution in [2.75, 3.05) is 0 Å². The molecule has 0 atom stereocenters. The Labute approximate surface area is 119 Å². The van der Waals surface area contributed by atoms with Crippen LogP contribution in [0.4, 0.5) is 0 Å². The number of aromatic nitrogens is 5. The molecule has 0 aliphatic rings. The van der Waals surface area contributed by atoms with E-state index in [1.165, 1.54) is 16.9 Å². The molecule has 0 saturated carbocycles. The Morgan fingerprint density at radius 3 is 2.67 bits per heavy atom. The Bertz CT molecular complexity index is 798. The molecule has 21 heavy (non-hydrogen) atoms. The molecule has 1 aromatic carbocycles. The highest BCUT2D eigenvalue weighted by atomic mass is 16.4. The summed E-state index contributed by atoms with van der Waals surface area (Å²) in [5, 5.41) is 21.2. The van der Waals surface area contributed by atoms with Gasteiger partial charge in [-0.1, -0.05) is 30.3 Å². The maximum atomic E-state index is 11.1. The first-order chi connectivity index (χ1) is 10.1. The van der Waals surface area contributed by atoms with Gasteiger partial charge in [-0.3, -0.25) is 0 Å². The zero-order chi connectivity index (χ0) is 14.8. The molecule has 0 unspecified atom stereocenters. The lowest BCUT2D eigenvalue weighted by molar-refractivity contribution is 0.0696. The van der Waals surface area contributed by atoms with Crippen LogP contribution in [0, 0.1) is 6.92 Å². The average molecular weight is 281 g/mol. The molecular formula is C14H11N5O2. The summed E-state index contributed by atoms with van der Waals surface area (Å²) in [5.41, 5.74) is 1.54. The number of aryl methyl sites for hydroxylation is 1. The van der Waals surface area contributed by atoms with Crippen LogP contribution in [-0.2, 0) is 0 Å². The topological polar surface area (TPSA) is 93.8 Å². The summed E-state index contributed by atoms with van der Waals surface area (Å²) in [6, 6.07) is 12.3. The van der Waals surface area contributed by atoms with Crippen molar-refractivity contribution < 1.29 is 9.90 Å². The summed E-state index contributed by atoms with van der Waals surface area (Å²) in [7, 11) is 0. The predicted molar refractivity (Wildman–Crippen MR) is 74.1 cm³/mol. The Hall–Kier alpha value is -3.09. The lowest BCUT2D eigenvalue weighted by atomic mass is 10.2. The fourth-order valence-electron chi connectivity index (χ4n) is 1.89. The number of carbonyl (C=O) groups is 1. The number of nitrogens with zero attached hydrogens (tertiary/aromatic N) is 5. The number of carboxylic acids is 1. The minimum atomic E-state index is -1.02. The van der Waals surface area contributed by atoms with Crippen molar-refractivity contribution in [3.05, 3.63) is 53.7 Å². The first-order valence-corrected chi connectivity index (χ1v) is 6.21. The van der Waals surface area contributed by atoms with Crippen LogP contribution in [0.3, 0.4) is 0 Å². The van der Waals surface area contributed by atoms with Gasteiger partial charge in [-0.2, -0.15) is 0 Å². The minimum absolute atomic E-state index is 0.135. The molecule has 7 nitrogen and oxygen atoms in total. The van der Waals surface area contributed by atoms with Crippen LogP contribution in [0.1, 0.15) is 16.1 Å². The number of hydrogen-bond acceptors (Lipinski definition) is 5. The van der Waals surface area contributed by atoms with Crippen LogP contribution >= 0.6 is 0 Å². The minimum Gasteiger partial charge on any atom is -0.478 e. The van der Waals surface area contributed by atoms with Crippen LogP contribution in [0.25, 0.3) is 17.2 Å². The quantitative estimate of drug-likeness (QED) is 0.785. The summed E-state index contributed by atoms with van der Waals surface area (Å²) in [5.74, 6) is -0.247. The summed E-state index contributed by atoms with van der Waals surface area (Å²) < 4.78 is 0. The van der Waals surface area contributed by atoms with Gasteiger partial charge in [0.25, 0.3) is 0 Å². The van der Waals surface area contributed by atoms with Gasteiger partial charge in [-0.25, -0.2) is 9.78 Å². The molecule has 0 saturated heterocycles. The second-order valence-corrected chi connectivity index (χ2v) is 4.43. The molecule has 3 aromatic rings. The van der Waals surface area contributed by atoms with Crippen molar-refractivity contribution in [1.29, 1.82) is 0 Å². The first-order valence-electron chi connectivity index (χ1n) is 6.21. The zero-order valence-corrected chi connectivity index (χ0v) is 11.1. The van der Waals surface area contributed by atoms with E-state index in [4.69, 9.17) is 5.11 Å². The zero-order valence-electron chi connectivity index (χ0n) is 11.1. The predicted octanol–water partition coefficient (Wildman–Crippen LogP) is 1.73. The van der Waals surface area contributed by atoms with Gasteiger partial charge in [0.05, 0.1) is 5.56 Å². The van der Waals surface area contributed by atoms with E-state index in [0.29, 0.717) is 17.3 Å². The van der Waals surface area contributed by atoms with Crippen molar-refractivity contribution in [3.63, 3.8) is 0 Å². The summed E-state index contributed by atoms with van der Waals surface area (Å²) in [6.07, 6.45) is 0. The van der Waals surface area contributed by atoms with E-state index in [-0.39, 0.29) is 5.56 Å². The monoisotopic (exact) mass is 281 g/mol. The molecule has 1 N–H and O–H groups in total. The van der Waals surface area contributed by atoms with Crippen molar-refractivity contribution in [3.8, 4) is 17.2 Å². The Morgan fingerprint density at radius 1 is 1.19 bits per heavy atom. The van der Waals surface area contributed by atoms with Gasteiger partial charge < -0.3 is 5.11 Å². The van der Waals surface area contributed by atoms with Crippen molar-refractivity contribution in [2.45, 2.75) is 6.92 Å². The van der Waals surface area contributed by atoms with E-state index in [9.17, 15) is 4.79 Å². The smallest absolute Gasteiger partial charge is 0.335 e. The van der Waals surface area contributed by atoms with Crippen molar-refractivity contribution >= 4 is 5.97 Å². The van der Waals surface area contributed by atoms with Gasteiger partial charge in [-0.05, 0) is 24.3 Å². The molecule has 0 aliphatic carbocycles. The molecule has 0 amide bonds. The second kappa shape index (κ2) is 5.12. The molecule has 0 fully saturated rings. The maximum Gasteiger partial charge on any atom is 0.335 e. The van der Waals surface area contributed by atoms with Gasteiger partial charge in [0.1, 0.15) is 0 Å². The molecule has 2 aromatic heterocycles. The maximum absolute atomic E-state index is 11.1. The molecule has 104 valence electrons. The molecule has 7 heteroatoms. The molecule has 0 bridgehead atoms. The lowest BCUT2D eigenvalue weighted by Crippen LogP contribution is -2.06. The third-order valence-corrected chi connectivity index (χ3v) is 2.84. The van der Waals surface area contributed by atoms with E-state index in [1.807, 2.05) is 30.3 Å². The Kier molecular flexibility index (Phi) is 3.15. The van der Waals surface area contributed by atoms with Gasteiger partial charge in [0, 0.05) is 11.3 Å². The molecular weight excluding hydrogens is 270 g/mol. The molecule has 0 spiro atoms. The fourth-order valence-corrected chi connectivity index (χ4v) is 1.89. The van der Waals surface area contributed by atoms with Crippen molar-refractivity contribution in [1.82, 2.24) is 25.2 Å². The number of pyridine rings is 1. The molecule has 0 radical (unpaired) electrons. The van der Waals surface area contributed by atoms with E-state index in [2.05, 4.69) is 20.4 Å². The number of carboxylic acid groups (broad SMARTS) is 1. The number of hydrogen-bond donors (Lipinski definition) is 1.